The SMILES string of the molecule is Cc1c(CNCCc2nc(C(C)C)no2)c2ccccc2n1CC(C)C. The van der Waals surface area contributed by atoms with E-state index in [1.165, 1.54) is 22.2 Å². The van der Waals surface area contributed by atoms with Gasteiger partial charge < -0.3 is 14.4 Å². The molecule has 0 radical (unpaired) electrons. The fourth-order valence-electron chi connectivity index (χ4n) is 3.34. The summed E-state index contributed by atoms with van der Waals surface area (Å²) in [6.45, 7) is 13.6. The minimum Gasteiger partial charge on any atom is -0.344 e. The molecule has 3 aromatic rings. The van der Waals surface area contributed by atoms with Crippen molar-refractivity contribution < 1.29 is 4.52 Å². The highest BCUT2D eigenvalue weighted by molar-refractivity contribution is 5.85. The van der Waals surface area contributed by atoms with Crippen molar-refractivity contribution in [2.75, 3.05) is 6.54 Å². The number of aromatic nitrogens is 3. The molecule has 0 spiro atoms. The molecule has 0 aliphatic rings. The average molecular weight is 354 g/mol. The number of hydrogen-bond donors (Lipinski definition) is 1. The van der Waals surface area contributed by atoms with Crippen molar-refractivity contribution >= 4 is 10.9 Å². The first-order valence-electron chi connectivity index (χ1n) is 9.57. The molecule has 0 saturated heterocycles. The first kappa shape index (κ1) is 18.6. The van der Waals surface area contributed by atoms with Crippen molar-refractivity contribution in [3.8, 4) is 0 Å². The maximum Gasteiger partial charge on any atom is 0.227 e. The Kier molecular flexibility index (Phi) is 5.77. The van der Waals surface area contributed by atoms with E-state index >= 15 is 0 Å². The van der Waals surface area contributed by atoms with Crippen LogP contribution in [0.2, 0.25) is 0 Å². The maximum absolute atomic E-state index is 5.31. The van der Waals surface area contributed by atoms with Gasteiger partial charge in [-0.05, 0) is 24.5 Å². The van der Waals surface area contributed by atoms with Gasteiger partial charge in [0.25, 0.3) is 0 Å². The lowest BCUT2D eigenvalue weighted by Crippen LogP contribution is -2.17. The first-order chi connectivity index (χ1) is 12.5. The molecule has 5 heteroatoms. The zero-order valence-corrected chi connectivity index (χ0v) is 16.5. The van der Waals surface area contributed by atoms with Crippen LogP contribution in [0.4, 0.5) is 0 Å². The fourth-order valence-corrected chi connectivity index (χ4v) is 3.34. The molecule has 1 N–H and O–H groups in total. The second-order valence-corrected chi connectivity index (χ2v) is 7.71. The van der Waals surface area contributed by atoms with Crippen LogP contribution in [0.5, 0.6) is 0 Å². The summed E-state index contributed by atoms with van der Waals surface area (Å²) in [6, 6.07) is 8.69. The number of fused-ring (bicyclic) bond motifs is 1. The molecule has 0 aliphatic heterocycles. The van der Waals surface area contributed by atoms with E-state index in [9.17, 15) is 0 Å². The Morgan fingerprint density at radius 2 is 1.92 bits per heavy atom. The van der Waals surface area contributed by atoms with E-state index in [1.54, 1.807) is 0 Å². The lowest BCUT2D eigenvalue weighted by atomic mass is 10.1. The Balaban J connectivity index is 1.67. The third-order valence-corrected chi connectivity index (χ3v) is 4.73. The van der Waals surface area contributed by atoms with Gasteiger partial charge in [-0.25, -0.2) is 0 Å². The van der Waals surface area contributed by atoms with Crippen LogP contribution in [-0.2, 0) is 19.5 Å². The molecule has 0 amide bonds. The molecule has 3 rings (SSSR count). The summed E-state index contributed by atoms with van der Waals surface area (Å²) in [4.78, 5) is 4.44. The fraction of sp³-hybridized carbons (Fsp3) is 0.524. The van der Waals surface area contributed by atoms with Crippen molar-refractivity contribution in [1.29, 1.82) is 0 Å². The van der Waals surface area contributed by atoms with Crippen LogP contribution in [0.15, 0.2) is 28.8 Å². The Morgan fingerprint density at radius 1 is 1.15 bits per heavy atom. The normalized spacial score (nSPS) is 12.0. The Bertz CT molecular complexity index is 860. The van der Waals surface area contributed by atoms with Crippen LogP contribution in [0.25, 0.3) is 10.9 Å². The van der Waals surface area contributed by atoms with Crippen molar-refractivity contribution in [1.82, 2.24) is 20.0 Å². The minimum atomic E-state index is 0.301. The van der Waals surface area contributed by atoms with Crippen LogP contribution in [0.1, 0.15) is 56.6 Å². The predicted molar refractivity (Wildman–Crippen MR) is 105 cm³/mol. The number of rotatable bonds is 8. The van der Waals surface area contributed by atoms with Crippen LogP contribution in [0, 0.1) is 12.8 Å². The molecule has 1 aromatic carbocycles. The largest absolute Gasteiger partial charge is 0.344 e. The molecular weight excluding hydrogens is 324 g/mol. The topological polar surface area (TPSA) is 55.9 Å². The zero-order chi connectivity index (χ0) is 18.7. The third-order valence-electron chi connectivity index (χ3n) is 4.73. The number of nitrogens with zero attached hydrogens (tertiary/aromatic N) is 3. The summed E-state index contributed by atoms with van der Waals surface area (Å²) in [5.41, 5.74) is 4.07. The lowest BCUT2D eigenvalue weighted by molar-refractivity contribution is 0.369. The van der Waals surface area contributed by atoms with Gasteiger partial charge in [-0.1, -0.05) is 51.1 Å². The van der Waals surface area contributed by atoms with Gasteiger partial charge in [0.15, 0.2) is 5.82 Å². The van der Waals surface area contributed by atoms with Crippen molar-refractivity contribution in [3.63, 3.8) is 0 Å². The summed E-state index contributed by atoms with van der Waals surface area (Å²) in [7, 11) is 0. The molecule has 0 aliphatic carbocycles. The molecular formula is C21H30N4O. The molecule has 0 bridgehead atoms. The Morgan fingerprint density at radius 3 is 2.62 bits per heavy atom. The monoisotopic (exact) mass is 354 g/mol. The van der Waals surface area contributed by atoms with Crippen molar-refractivity contribution in [3.05, 3.63) is 47.2 Å². The number of hydrogen-bond acceptors (Lipinski definition) is 4. The second kappa shape index (κ2) is 8.04. The highest BCUT2D eigenvalue weighted by Gasteiger charge is 2.14. The van der Waals surface area contributed by atoms with Gasteiger partial charge in [0, 0.05) is 48.6 Å². The number of para-hydroxylation sites is 1. The molecule has 2 aromatic heterocycles. The summed E-state index contributed by atoms with van der Waals surface area (Å²) in [5, 5.41) is 8.91. The van der Waals surface area contributed by atoms with Gasteiger partial charge in [0.05, 0.1) is 0 Å². The summed E-state index contributed by atoms with van der Waals surface area (Å²) >= 11 is 0. The quantitative estimate of drug-likeness (QED) is 0.608. The summed E-state index contributed by atoms with van der Waals surface area (Å²) < 4.78 is 7.76. The molecule has 0 unspecified atom stereocenters. The van der Waals surface area contributed by atoms with Gasteiger partial charge >= 0.3 is 0 Å². The molecule has 2 heterocycles. The van der Waals surface area contributed by atoms with Crippen molar-refractivity contribution in [2.24, 2.45) is 5.92 Å². The third kappa shape index (κ3) is 3.98. The lowest BCUT2D eigenvalue weighted by Gasteiger charge is -2.11. The molecule has 5 nitrogen and oxygen atoms in total. The molecule has 0 atom stereocenters. The smallest absolute Gasteiger partial charge is 0.227 e. The Labute approximate surface area is 155 Å². The average Bonchev–Trinajstić information content (AvgIpc) is 3.17. The zero-order valence-electron chi connectivity index (χ0n) is 16.5. The predicted octanol–water partition coefficient (Wildman–Crippen LogP) is 4.44. The van der Waals surface area contributed by atoms with Crippen LogP contribution in [-0.4, -0.2) is 21.3 Å². The van der Waals surface area contributed by atoms with E-state index in [0.717, 1.165) is 31.9 Å². The van der Waals surface area contributed by atoms with E-state index in [0.29, 0.717) is 17.7 Å². The van der Waals surface area contributed by atoms with Gasteiger partial charge in [-0.2, -0.15) is 4.98 Å². The standard InChI is InChI=1S/C21H30N4O/c1-14(2)13-25-16(5)18(17-8-6-7-9-19(17)25)12-22-11-10-20-23-21(15(3)4)24-26-20/h6-9,14-15,22H,10-13H2,1-5H3. The van der Waals surface area contributed by atoms with Gasteiger partial charge in [-0.15, -0.1) is 0 Å². The van der Waals surface area contributed by atoms with Gasteiger partial charge in [0.1, 0.15) is 0 Å². The van der Waals surface area contributed by atoms with Crippen LogP contribution >= 0.6 is 0 Å². The van der Waals surface area contributed by atoms with E-state index in [-0.39, 0.29) is 0 Å². The molecule has 26 heavy (non-hydrogen) atoms. The van der Waals surface area contributed by atoms with E-state index in [2.05, 4.69) is 78.9 Å². The van der Waals surface area contributed by atoms with E-state index < -0.39 is 0 Å². The van der Waals surface area contributed by atoms with E-state index in [1.807, 2.05) is 0 Å². The Hall–Kier alpha value is -2.14. The maximum atomic E-state index is 5.31. The molecule has 140 valence electrons. The number of nitrogens with one attached hydrogen (secondary N) is 1. The van der Waals surface area contributed by atoms with Crippen LogP contribution < -0.4 is 5.32 Å². The number of benzene rings is 1. The highest BCUT2D eigenvalue weighted by atomic mass is 16.5. The minimum absolute atomic E-state index is 0.301. The van der Waals surface area contributed by atoms with E-state index in [4.69, 9.17) is 4.52 Å². The second-order valence-electron chi connectivity index (χ2n) is 7.71. The molecule has 0 saturated carbocycles. The van der Waals surface area contributed by atoms with Gasteiger partial charge in [0.2, 0.25) is 5.89 Å². The first-order valence-corrected chi connectivity index (χ1v) is 9.57. The van der Waals surface area contributed by atoms with Crippen LogP contribution in [0.3, 0.4) is 0 Å². The molecule has 0 fully saturated rings. The van der Waals surface area contributed by atoms with Gasteiger partial charge in [-0.3, -0.25) is 0 Å². The summed E-state index contributed by atoms with van der Waals surface area (Å²) in [6.07, 6.45) is 0.753. The highest BCUT2D eigenvalue weighted by Crippen LogP contribution is 2.26. The van der Waals surface area contributed by atoms with Crippen molar-refractivity contribution in [2.45, 2.75) is 60.0 Å². The summed E-state index contributed by atoms with van der Waals surface area (Å²) in [5.74, 6) is 2.42.